The summed E-state index contributed by atoms with van der Waals surface area (Å²) in [5.41, 5.74) is 0. The van der Waals surface area contributed by atoms with Crippen LogP contribution in [0.1, 0.15) is 33.1 Å². The zero-order chi connectivity index (χ0) is 11.4. The maximum atomic E-state index is 11.7. The van der Waals surface area contributed by atoms with Gasteiger partial charge < -0.3 is 15.3 Å². The van der Waals surface area contributed by atoms with Crippen molar-refractivity contribution in [2.24, 2.45) is 0 Å². The molecule has 0 unspecified atom stereocenters. The minimum absolute atomic E-state index is 0.0255. The van der Waals surface area contributed by atoms with E-state index in [1.165, 1.54) is 0 Å². The Balaban J connectivity index is 2.32. The molecule has 0 heterocycles. The molecule has 1 rings (SSSR count). The van der Waals surface area contributed by atoms with Gasteiger partial charge in [0, 0.05) is 18.6 Å². The lowest BCUT2D eigenvalue weighted by atomic mass is 10.3. The highest BCUT2D eigenvalue weighted by Crippen LogP contribution is 2.28. The first-order chi connectivity index (χ1) is 7.02. The molecule has 0 atom stereocenters. The Kier molecular flexibility index (Phi) is 3.94. The van der Waals surface area contributed by atoms with E-state index in [0.717, 1.165) is 12.8 Å². The van der Waals surface area contributed by atoms with Gasteiger partial charge in [-0.2, -0.15) is 0 Å². The van der Waals surface area contributed by atoms with Crippen molar-refractivity contribution in [1.82, 2.24) is 10.2 Å². The summed E-state index contributed by atoms with van der Waals surface area (Å²) in [6, 6.07) is 0.380. The van der Waals surface area contributed by atoms with E-state index in [-0.39, 0.29) is 25.0 Å². The maximum Gasteiger partial charge on any atom is 0.317 e. The number of urea groups is 1. The first kappa shape index (κ1) is 11.8. The lowest BCUT2D eigenvalue weighted by Gasteiger charge is -2.26. The van der Waals surface area contributed by atoms with Crippen molar-refractivity contribution in [2.75, 3.05) is 6.54 Å². The highest BCUT2D eigenvalue weighted by molar-refractivity contribution is 5.76. The molecule has 5 nitrogen and oxygen atoms in total. The average Bonchev–Trinajstić information content (AvgIpc) is 2.87. The van der Waals surface area contributed by atoms with Gasteiger partial charge in [-0.3, -0.25) is 4.79 Å². The summed E-state index contributed by atoms with van der Waals surface area (Å²) in [7, 11) is 0. The van der Waals surface area contributed by atoms with Crippen LogP contribution in [0.25, 0.3) is 0 Å². The summed E-state index contributed by atoms with van der Waals surface area (Å²) in [5, 5.41) is 11.1. The third-order valence-electron chi connectivity index (χ3n) is 2.35. The number of aliphatic carboxylic acids is 1. The number of carbonyl (C=O) groups excluding carboxylic acids is 1. The summed E-state index contributed by atoms with van der Waals surface area (Å²) < 4.78 is 0. The molecule has 0 aromatic heterocycles. The number of hydrogen-bond acceptors (Lipinski definition) is 2. The highest BCUT2D eigenvalue weighted by Gasteiger charge is 2.33. The Hall–Kier alpha value is -1.26. The van der Waals surface area contributed by atoms with E-state index in [1.54, 1.807) is 4.90 Å². The van der Waals surface area contributed by atoms with Gasteiger partial charge in [0.05, 0.1) is 6.42 Å². The maximum absolute atomic E-state index is 11.7. The normalized spacial score (nSPS) is 15.1. The van der Waals surface area contributed by atoms with Crippen molar-refractivity contribution >= 4 is 12.0 Å². The predicted molar refractivity (Wildman–Crippen MR) is 55.6 cm³/mol. The molecule has 0 aliphatic heterocycles. The van der Waals surface area contributed by atoms with Crippen molar-refractivity contribution in [1.29, 1.82) is 0 Å². The number of hydrogen-bond donors (Lipinski definition) is 2. The lowest BCUT2D eigenvalue weighted by Crippen LogP contribution is -2.45. The summed E-state index contributed by atoms with van der Waals surface area (Å²) >= 11 is 0. The van der Waals surface area contributed by atoms with Gasteiger partial charge in [0.15, 0.2) is 0 Å². The Morgan fingerprint density at radius 2 is 2.07 bits per heavy atom. The zero-order valence-electron chi connectivity index (χ0n) is 9.19. The average molecular weight is 214 g/mol. The number of nitrogens with zero attached hydrogens (tertiary/aromatic N) is 1. The topological polar surface area (TPSA) is 69.6 Å². The van der Waals surface area contributed by atoms with Crippen LogP contribution in [-0.4, -0.2) is 40.6 Å². The molecular weight excluding hydrogens is 196 g/mol. The molecule has 0 radical (unpaired) electrons. The van der Waals surface area contributed by atoms with E-state index in [9.17, 15) is 9.59 Å². The second-order valence-corrected chi connectivity index (χ2v) is 4.11. The molecule has 86 valence electrons. The van der Waals surface area contributed by atoms with Gasteiger partial charge in [0.2, 0.25) is 0 Å². The minimum atomic E-state index is -0.891. The summed E-state index contributed by atoms with van der Waals surface area (Å²) in [5.74, 6) is -0.891. The Bertz CT molecular complexity index is 247. The molecule has 0 saturated heterocycles. The standard InChI is InChI=1S/C10H18N2O3/c1-7(2)12(8-3-4-8)10(15)11-6-5-9(13)14/h7-8H,3-6H2,1-2H3,(H,11,15)(H,13,14). The van der Waals surface area contributed by atoms with Crippen LogP contribution in [0.15, 0.2) is 0 Å². The third-order valence-corrected chi connectivity index (χ3v) is 2.35. The predicted octanol–water partition coefficient (Wildman–Crippen LogP) is 1.04. The monoisotopic (exact) mass is 214 g/mol. The van der Waals surface area contributed by atoms with Crippen molar-refractivity contribution < 1.29 is 14.7 Å². The number of carboxylic acids is 1. The van der Waals surface area contributed by atoms with Crippen molar-refractivity contribution in [3.05, 3.63) is 0 Å². The van der Waals surface area contributed by atoms with Gasteiger partial charge in [-0.1, -0.05) is 0 Å². The molecule has 5 heteroatoms. The fourth-order valence-corrected chi connectivity index (χ4v) is 1.54. The quantitative estimate of drug-likeness (QED) is 0.718. The van der Waals surface area contributed by atoms with E-state index < -0.39 is 5.97 Å². The fourth-order valence-electron chi connectivity index (χ4n) is 1.54. The van der Waals surface area contributed by atoms with E-state index >= 15 is 0 Å². The number of carbonyl (C=O) groups is 2. The first-order valence-electron chi connectivity index (χ1n) is 5.30. The van der Waals surface area contributed by atoms with Gasteiger partial charge in [0.25, 0.3) is 0 Å². The van der Waals surface area contributed by atoms with Crippen LogP contribution in [0.2, 0.25) is 0 Å². The summed E-state index contributed by atoms with van der Waals surface area (Å²) in [6.45, 7) is 4.13. The molecule has 1 fully saturated rings. The van der Waals surface area contributed by atoms with Crippen molar-refractivity contribution in [3.8, 4) is 0 Å². The van der Waals surface area contributed by atoms with E-state index in [2.05, 4.69) is 5.32 Å². The van der Waals surface area contributed by atoms with Crippen LogP contribution in [-0.2, 0) is 4.79 Å². The van der Waals surface area contributed by atoms with Gasteiger partial charge in [-0.05, 0) is 26.7 Å². The second-order valence-electron chi connectivity index (χ2n) is 4.11. The lowest BCUT2D eigenvalue weighted by molar-refractivity contribution is -0.136. The number of rotatable bonds is 5. The van der Waals surface area contributed by atoms with Gasteiger partial charge in [-0.25, -0.2) is 4.79 Å². The van der Waals surface area contributed by atoms with Crippen LogP contribution >= 0.6 is 0 Å². The second kappa shape index (κ2) is 5.00. The van der Waals surface area contributed by atoms with Crippen LogP contribution in [0.4, 0.5) is 4.79 Å². The number of carboxylic acid groups (broad SMARTS) is 1. The first-order valence-corrected chi connectivity index (χ1v) is 5.30. The molecule has 2 N–H and O–H groups in total. The Morgan fingerprint density at radius 1 is 1.47 bits per heavy atom. The highest BCUT2D eigenvalue weighted by atomic mass is 16.4. The third kappa shape index (κ3) is 3.77. The van der Waals surface area contributed by atoms with E-state index in [4.69, 9.17) is 5.11 Å². The van der Waals surface area contributed by atoms with Gasteiger partial charge in [0.1, 0.15) is 0 Å². The molecule has 15 heavy (non-hydrogen) atoms. The van der Waals surface area contributed by atoms with Crippen LogP contribution in [0.5, 0.6) is 0 Å². The van der Waals surface area contributed by atoms with Crippen molar-refractivity contribution in [3.63, 3.8) is 0 Å². The molecule has 0 aromatic rings. The minimum Gasteiger partial charge on any atom is -0.481 e. The molecule has 1 saturated carbocycles. The largest absolute Gasteiger partial charge is 0.481 e. The molecular formula is C10H18N2O3. The Morgan fingerprint density at radius 3 is 2.47 bits per heavy atom. The molecule has 0 aromatic carbocycles. The van der Waals surface area contributed by atoms with Crippen LogP contribution in [0.3, 0.4) is 0 Å². The molecule has 0 spiro atoms. The van der Waals surface area contributed by atoms with Gasteiger partial charge in [-0.15, -0.1) is 0 Å². The van der Waals surface area contributed by atoms with Gasteiger partial charge >= 0.3 is 12.0 Å². The molecule has 2 amide bonds. The molecule has 1 aliphatic rings. The molecule has 0 bridgehead atoms. The number of amides is 2. The van der Waals surface area contributed by atoms with Crippen LogP contribution < -0.4 is 5.32 Å². The number of nitrogens with one attached hydrogen (secondary N) is 1. The molecule has 1 aliphatic carbocycles. The summed E-state index contributed by atoms with van der Waals surface area (Å²) in [6.07, 6.45) is 2.09. The van der Waals surface area contributed by atoms with Crippen LogP contribution in [0, 0.1) is 0 Å². The fraction of sp³-hybridized carbons (Fsp3) is 0.800. The Labute approximate surface area is 89.4 Å². The SMILES string of the molecule is CC(C)N(C(=O)NCCC(=O)O)C1CC1. The smallest absolute Gasteiger partial charge is 0.317 e. The van der Waals surface area contributed by atoms with E-state index in [1.807, 2.05) is 13.8 Å². The summed E-state index contributed by atoms with van der Waals surface area (Å²) in [4.78, 5) is 23.7. The zero-order valence-corrected chi connectivity index (χ0v) is 9.19. The van der Waals surface area contributed by atoms with Crippen molar-refractivity contribution in [2.45, 2.75) is 45.2 Å². The van der Waals surface area contributed by atoms with E-state index in [0.29, 0.717) is 6.04 Å².